The summed E-state index contributed by atoms with van der Waals surface area (Å²) in [4.78, 5) is 35.1. The lowest BCUT2D eigenvalue weighted by Gasteiger charge is -2.21. The Bertz CT molecular complexity index is 464. The van der Waals surface area contributed by atoms with Gasteiger partial charge in [-0.1, -0.05) is 78.1 Å². The van der Waals surface area contributed by atoms with E-state index in [1.807, 2.05) is 0 Å². The van der Waals surface area contributed by atoms with Gasteiger partial charge in [0, 0.05) is 0 Å². The molecule has 2 N–H and O–H groups in total. The van der Waals surface area contributed by atoms with E-state index in [9.17, 15) is 24.6 Å². The van der Waals surface area contributed by atoms with Gasteiger partial charge < -0.3 is 19.7 Å². The van der Waals surface area contributed by atoms with Gasteiger partial charge in [0.2, 0.25) is 0 Å². The Balaban J connectivity index is 4.07. The Kier molecular flexibility index (Phi) is 16.3. The highest BCUT2D eigenvalue weighted by Crippen LogP contribution is 2.18. The van der Waals surface area contributed by atoms with Gasteiger partial charge in [-0.05, 0) is 12.8 Å². The number of ether oxygens (including phenoxy) is 2. The van der Waals surface area contributed by atoms with Crippen molar-refractivity contribution in [3.8, 4) is 0 Å². The third-order valence-electron chi connectivity index (χ3n) is 4.79. The van der Waals surface area contributed by atoms with Crippen LogP contribution in [0.3, 0.4) is 0 Å². The summed E-state index contributed by atoms with van der Waals surface area (Å²) in [6, 6.07) is 0. The maximum absolute atomic E-state index is 11.9. The van der Waals surface area contributed by atoms with Gasteiger partial charge >= 0.3 is 17.9 Å². The number of carboxylic acid groups (broad SMARTS) is 1. The van der Waals surface area contributed by atoms with E-state index in [1.165, 1.54) is 25.7 Å². The molecule has 0 radical (unpaired) electrons. The Hall–Kier alpha value is -1.63. The van der Waals surface area contributed by atoms with E-state index >= 15 is 0 Å². The van der Waals surface area contributed by atoms with Gasteiger partial charge in [-0.15, -0.1) is 0 Å². The van der Waals surface area contributed by atoms with Crippen LogP contribution in [0.15, 0.2) is 0 Å². The summed E-state index contributed by atoms with van der Waals surface area (Å²) in [5.41, 5.74) is -2.50. The lowest BCUT2D eigenvalue weighted by molar-refractivity contribution is -0.173. The molecular formula is C22H40O7. The summed E-state index contributed by atoms with van der Waals surface area (Å²) in [6.07, 6.45) is 10.9. The number of carbonyl (C=O) groups excluding carboxylic acids is 2. The smallest absolute Gasteiger partial charge is 0.336 e. The third kappa shape index (κ3) is 14.9. The van der Waals surface area contributed by atoms with Crippen LogP contribution in [0.4, 0.5) is 0 Å². The monoisotopic (exact) mass is 416 g/mol. The van der Waals surface area contributed by atoms with E-state index in [2.05, 4.69) is 13.8 Å². The normalized spacial score (nSPS) is 12.9. The zero-order valence-electron chi connectivity index (χ0n) is 18.2. The largest absolute Gasteiger partial charge is 0.479 e. The fourth-order valence-electron chi connectivity index (χ4n) is 2.93. The number of unbranched alkanes of at least 4 members (excludes halogenated alkanes) is 10. The molecule has 0 aromatic carbocycles. The molecule has 170 valence electrons. The molecule has 0 rings (SSSR count). The molecule has 0 aromatic rings. The molecule has 0 aliphatic carbocycles. The van der Waals surface area contributed by atoms with Gasteiger partial charge in [0.25, 0.3) is 0 Å². The molecule has 29 heavy (non-hydrogen) atoms. The van der Waals surface area contributed by atoms with Crippen LogP contribution in [0.1, 0.15) is 104 Å². The van der Waals surface area contributed by atoms with Gasteiger partial charge in [-0.25, -0.2) is 4.79 Å². The first-order chi connectivity index (χ1) is 13.9. The highest BCUT2D eigenvalue weighted by molar-refractivity contribution is 5.88. The second-order valence-electron chi connectivity index (χ2n) is 7.67. The van der Waals surface area contributed by atoms with Crippen molar-refractivity contribution in [3.05, 3.63) is 0 Å². The average molecular weight is 417 g/mol. The van der Waals surface area contributed by atoms with E-state index < -0.39 is 36.4 Å². The Morgan fingerprint density at radius 1 is 0.655 bits per heavy atom. The molecule has 1 unspecified atom stereocenters. The second kappa shape index (κ2) is 17.2. The number of carboxylic acids is 1. The van der Waals surface area contributed by atoms with Crippen molar-refractivity contribution in [1.82, 2.24) is 0 Å². The molecule has 0 saturated carbocycles. The van der Waals surface area contributed by atoms with Crippen LogP contribution in [0.5, 0.6) is 0 Å². The summed E-state index contributed by atoms with van der Waals surface area (Å²) in [6.45, 7) is 4.60. The van der Waals surface area contributed by atoms with Crippen molar-refractivity contribution in [2.75, 3.05) is 13.2 Å². The lowest BCUT2D eigenvalue weighted by Crippen LogP contribution is -2.43. The summed E-state index contributed by atoms with van der Waals surface area (Å²) < 4.78 is 9.99. The molecule has 7 nitrogen and oxygen atoms in total. The molecule has 0 amide bonds. The molecular weight excluding hydrogens is 376 g/mol. The molecule has 7 heteroatoms. The first-order valence-corrected chi connectivity index (χ1v) is 11.1. The van der Waals surface area contributed by atoms with Crippen LogP contribution < -0.4 is 0 Å². The lowest BCUT2D eigenvalue weighted by atomic mass is 9.96. The van der Waals surface area contributed by atoms with E-state index in [0.29, 0.717) is 12.8 Å². The first kappa shape index (κ1) is 27.4. The van der Waals surface area contributed by atoms with Crippen molar-refractivity contribution in [2.24, 2.45) is 0 Å². The predicted molar refractivity (Wildman–Crippen MR) is 110 cm³/mol. The molecule has 1 atom stereocenters. The quantitative estimate of drug-likeness (QED) is 0.237. The SMILES string of the molecule is CCCCCCCCCCOC(=O)CC(O)(CC(=O)OCCCCCC)C(=O)O. The molecule has 0 aliphatic heterocycles. The maximum Gasteiger partial charge on any atom is 0.336 e. The van der Waals surface area contributed by atoms with Gasteiger partial charge in [0.15, 0.2) is 5.60 Å². The topological polar surface area (TPSA) is 110 Å². The van der Waals surface area contributed by atoms with Crippen LogP contribution in [-0.2, 0) is 23.9 Å². The van der Waals surface area contributed by atoms with Crippen LogP contribution in [0.2, 0.25) is 0 Å². The molecule has 0 heterocycles. The number of aliphatic hydroxyl groups is 1. The number of esters is 2. The van der Waals surface area contributed by atoms with Crippen LogP contribution in [-0.4, -0.2) is 46.9 Å². The molecule has 0 saturated heterocycles. The number of carbonyl (C=O) groups is 3. The summed E-state index contributed by atoms with van der Waals surface area (Å²) in [7, 11) is 0. The predicted octanol–water partition coefficient (Wildman–Crippen LogP) is 4.39. The molecule has 0 aromatic heterocycles. The standard InChI is InChI=1S/C22H40O7/c1-3-5-7-9-10-11-12-14-16-29-20(24)18-22(27,21(25)26)17-19(23)28-15-13-8-6-4-2/h27H,3-18H2,1-2H3,(H,25,26). The van der Waals surface area contributed by atoms with Gasteiger partial charge in [0.05, 0.1) is 26.1 Å². The van der Waals surface area contributed by atoms with Crippen molar-refractivity contribution < 1.29 is 34.1 Å². The number of hydrogen-bond acceptors (Lipinski definition) is 6. The highest BCUT2D eigenvalue weighted by atomic mass is 16.5. The molecule has 0 fully saturated rings. The summed E-state index contributed by atoms with van der Waals surface area (Å²) in [5.74, 6) is -3.29. The third-order valence-corrected chi connectivity index (χ3v) is 4.79. The van der Waals surface area contributed by atoms with Crippen LogP contribution in [0, 0.1) is 0 Å². The molecule has 0 bridgehead atoms. The number of rotatable bonds is 19. The zero-order chi connectivity index (χ0) is 22.0. The highest BCUT2D eigenvalue weighted by Gasteiger charge is 2.41. The summed E-state index contributed by atoms with van der Waals surface area (Å²) in [5, 5.41) is 19.4. The first-order valence-electron chi connectivity index (χ1n) is 11.1. The van der Waals surface area contributed by atoms with Gasteiger partial charge in [-0.2, -0.15) is 0 Å². The van der Waals surface area contributed by atoms with E-state index in [-0.39, 0.29) is 13.2 Å². The van der Waals surface area contributed by atoms with Crippen LogP contribution >= 0.6 is 0 Å². The minimum Gasteiger partial charge on any atom is -0.479 e. The Morgan fingerprint density at radius 2 is 1.00 bits per heavy atom. The van der Waals surface area contributed by atoms with Crippen molar-refractivity contribution in [1.29, 1.82) is 0 Å². The number of hydrogen-bond donors (Lipinski definition) is 2. The second-order valence-corrected chi connectivity index (χ2v) is 7.67. The van der Waals surface area contributed by atoms with Gasteiger partial charge in [0.1, 0.15) is 0 Å². The van der Waals surface area contributed by atoms with E-state index in [4.69, 9.17) is 9.47 Å². The maximum atomic E-state index is 11.9. The minimum atomic E-state index is -2.50. The Labute approximate surface area is 175 Å². The van der Waals surface area contributed by atoms with Gasteiger partial charge in [-0.3, -0.25) is 9.59 Å². The Morgan fingerprint density at radius 3 is 1.38 bits per heavy atom. The van der Waals surface area contributed by atoms with Crippen LogP contribution in [0.25, 0.3) is 0 Å². The number of aliphatic carboxylic acids is 1. The van der Waals surface area contributed by atoms with Crippen molar-refractivity contribution >= 4 is 17.9 Å². The molecule has 0 spiro atoms. The van der Waals surface area contributed by atoms with Crippen molar-refractivity contribution in [3.63, 3.8) is 0 Å². The van der Waals surface area contributed by atoms with E-state index in [0.717, 1.165) is 38.5 Å². The summed E-state index contributed by atoms with van der Waals surface area (Å²) >= 11 is 0. The molecule has 0 aliphatic rings. The average Bonchev–Trinajstić information content (AvgIpc) is 2.66. The zero-order valence-corrected chi connectivity index (χ0v) is 18.2. The van der Waals surface area contributed by atoms with E-state index in [1.54, 1.807) is 0 Å². The minimum absolute atomic E-state index is 0.178. The fourth-order valence-corrected chi connectivity index (χ4v) is 2.93. The van der Waals surface area contributed by atoms with Crippen molar-refractivity contribution in [2.45, 2.75) is 109 Å². The fraction of sp³-hybridized carbons (Fsp3) is 0.864.